The van der Waals surface area contributed by atoms with Gasteiger partial charge >= 0.3 is 6.03 Å². The standard InChI is InChI=1S/C19H28N4O4/c24-15-11-20-18(27)23(15)12-16(25)21-10-8-19(13-21)7-4-9-22(17(19)26)14-5-2-1-3-6-14/h14H,1-13H2,(H,20,27). The first kappa shape index (κ1) is 18.3. The van der Waals surface area contributed by atoms with Crippen LogP contribution in [-0.2, 0) is 14.4 Å². The fourth-order valence-corrected chi connectivity index (χ4v) is 5.16. The second-order valence-corrected chi connectivity index (χ2v) is 8.38. The van der Waals surface area contributed by atoms with Gasteiger partial charge in [-0.15, -0.1) is 0 Å². The van der Waals surface area contributed by atoms with Crippen molar-refractivity contribution in [2.45, 2.75) is 57.4 Å². The van der Waals surface area contributed by atoms with E-state index in [1.165, 1.54) is 19.3 Å². The molecule has 1 saturated carbocycles. The van der Waals surface area contributed by atoms with Crippen molar-refractivity contribution in [3.8, 4) is 0 Å². The Morgan fingerprint density at radius 1 is 1.04 bits per heavy atom. The number of imide groups is 1. The van der Waals surface area contributed by atoms with Crippen LogP contribution in [0.25, 0.3) is 0 Å². The third kappa shape index (κ3) is 3.30. The van der Waals surface area contributed by atoms with Crippen molar-refractivity contribution in [3.63, 3.8) is 0 Å². The lowest BCUT2D eigenvalue weighted by Crippen LogP contribution is -2.54. The average molecular weight is 376 g/mol. The van der Waals surface area contributed by atoms with Crippen LogP contribution in [0, 0.1) is 5.41 Å². The zero-order valence-corrected chi connectivity index (χ0v) is 15.7. The van der Waals surface area contributed by atoms with Gasteiger partial charge in [0.25, 0.3) is 5.91 Å². The van der Waals surface area contributed by atoms with Gasteiger partial charge in [-0.3, -0.25) is 19.3 Å². The number of hydrogen-bond acceptors (Lipinski definition) is 4. The number of likely N-dealkylation sites (tertiary alicyclic amines) is 2. The van der Waals surface area contributed by atoms with Crippen LogP contribution in [0.2, 0.25) is 0 Å². The van der Waals surface area contributed by atoms with Gasteiger partial charge < -0.3 is 15.1 Å². The molecule has 3 heterocycles. The molecule has 3 aliphatic heterocycles. The number of nitrogens with zero attached hydrogens (tertiary/aromatic N) is 3. The highest BCUT2D eigenvalue weighted by Gasteiger charge is 2.50. The summed E-state index contributed by atoms with van der Waals surface area (Å²) in [6.07, 6.45) is 8.32. The lowest BCUT2D eigenvalue weighted by molar-refractivity contribution is -0.149. The molecule has 4 fully saturated rings. The van der Waals surface area contributed by atoms with Crippen LogP contribution in [0.4, 0.5) is 4.79 Å². The molecule has 8 nitrogen and oxygen atoms in total. The predicted octanol–water partition coefficient (Wildman–Crippen LogP) is 0.712. The summed E-state index contributed by atoms with van der Waals surface area (Å²) in [6.45, 7) is 1.48. The van der Waals surface area contributed by atoms with Crippen LogP contribution in [0.3, 0.4) is 0 Å². The quantitative estimate of drug-likeness (QED) is 0.735. The van der Waals surface area contributed by atoms with Crippen LogP contribution in [0.1, 0.15) is 51.4 Å². The van der Waals surface area contributed by atoms with Gasteiger partial charge in [0.2, 0.25) is 11.8 Å². The highest BCUT2D eigenvalue weighted by molar-refractivity contribution is 6.04. The molecule has 8 heteroatoms. The first-order chi connectivity index (χ1) is 13.0. The Kier molecular flexibility index (Phi) is 4.82. The minimum absolute atomic E-state index is 0.0507. The van der Waals surface area contributed by atoms with Crippen molar-refractivity contribution >= 4 is 23.8 Å². The maximum absolute atomic E-state index is 13.3. The van der Waals surface area contributed by atoms with Crippen molar-refractivity contribution in [2.24, 2.45) is 5.41 Å². The number of carbonyl (C=O) groups excluding carboxylic acids is 4. The summed E-state index contributed by atoms with van der Waals surface area (Å²) in [5.74, 6) is -0.412. The summed E-state index contributed by atoms with van der Waals surface area (Å²) in [5.41, 5.74) is -0.470. The summed E-state index contributed by atoms with van der Waals surface area (Å²) in [7, 11) is 0. The summed E-state index contributed by atoms with van der Waals surface area (Å²) in [5, 5.41) is 2.43. The molecule has 3 saturated heterocycles. The fraction of sp³-hybridized carbons (Fsp3) is 0.789. The Labute approximate surface area is 159 Å². The number of hydrogen-bond donors (Lipinski definition) is 1. The minimum Gasteiger partial charge on any atom is -0.340 e. The Balaban J connectivity index is 1.41. The van der Waals surface area contributed by atoms with Crippen molar-refractivity contribution in [1.82, 2.24) is 20.0 Å². The monoisotopic (exact) mass is 376 g/mol. The fourth-order valence-electron chi connectivity index (χ4n) is 5.16. The van der Waals surface area contributed by atoms with E-state index in [1.807, 2.05) is 0 Å². The van der Waals surface area contributed by atoms with E-state index < -0.39 is 11.4 Å². The molecule has 1 aliphatic carbocycles. The zero-order chi connectivity index (χ0) is 19.0. The van der Waals surface area contributed by atoms with Crippen LogP contribution in [-0.4, -0.2) is 77.2 Å². The molecule has 1 spiro atoms. The molecule has 0 aromatic heterocycles. The first-order valence-electron chi connectivity index (χ1n) is 10.2. The molecule has 0 aromatic rings. The van der Waals surface area contributed by atoms with E-state index in [1.54, 1.807) is 4.90 Å². The highest BCUT2D eigenvalue weighted by atomic mass is 16.2. The average Bonchev–Trinajstić information content (AvgIpc) is 3.24. The number of urea groups is 1. The van der Waals surface area contributed by atoms with Gasteiger partial charge in [0.1, 0.15) is 6.54 Å². The van der Waals surface area contributed by atoms with E-state index in [2.05, 4.69) is 10.2 Å². The minimum atomic E-state index is -0.514. The maximum Gasteiger partial charge on any atom is 0.325 e. The van der Waals surface area contributed by atoms with Gasteiger partial charge in [-0.05, 0) is 32.1 Å². The number of amides is 5. The molecule has 148 valence electrons. The molecule has 5 amide bonds. The molecule has 4 aliphatic rings. The van der Waals surface area contributed by atoms with E-state index in [0.29, 0.717) is 25.6 Å². The molecule has 0 radical (unpaired) electrons. The Bertz CT molecular complexity index is 644. The predicted molar refractivity (Wildman–Crippen MR) is 96.6 cm³/mol. The summed E-state index contributed by atoms with van der Waals surface area (Å²) >= 11 is 0. The number of rotatable bonds is 3. The number of carbonyl (C=O) groups is 4. The highest BCUT2D eigenvalue weighted by Crippen LogP contribution is 2.42. The Morgan fingerprint density at radius 2 is 1.81 bits per heavy atom. The number of nitrogens with one attached hydrogen (secondary N) is 1. The molecule has 0 bridgehead atoms. The zero-order valence-electron chi connectivity index (χ0n) is 15.7. The lowest BCUT2D eigenvalue weighted by atomic mass is 9.77. The van der Waals surface area contributed by atoms with Crippen LogP contribution < -0.4 is 5.32 Å². The third-order valence-corrected chi connectivity index (χ3v) is 6.72. The van der Waals surface area contributed by atoms with Crippen molar-refractivity contribution < 1.29 is 19.2 Å². The molecular weight excluding hydrogens is 348 g/mol. The van der Waals surface area contributed by atoms with Crippen LogP contribution >= 0.6 is 0 Å². The molecule has 0 aromatic carbocycles. The van der Waals surface area contributed by atoms with Crippen LogP contribution in [0.15, 0.2) is 0 Å². The van der Waals surface area contributed by atoms with Gasteiger partial charge in [0.15, 0.2) is 0 Å². The van der Waals surface area contributed by atoms with E-state index in [9.17, 15) is 19.2 Å². The molecular formula is C19H28N4O4. The third-order valence-electron chi connectivity index (χ3n) is 6.72. The number of piperidine rings is 1. The van der Waals surface area contributed by atoms with Gasteiger partial charge in [-0.2, -0.15) is 0 Å². The van der Waals surface area contributed by atoms with Crippen molar-refractivity contribution in [1.29, 1.82) is 0 Å². The molecule has 1 N–H and O–H groups in total. The molecule has 4 rings (SSSR count). The van der Waals surface area contributed by atoms with E-state index in [0.717, 1.165) is 37.1 Å². The molecule has 1 unspecified atom stereocenters. The lowest BCUT2D eigenvalue weighted by Gasteiger charge is -2.44. The maximum atomic E-state index is 13.3. The van der Waals surface area contributed by atoms with E-state index in [4.69, 9.17) is 0 Å². The van der Waals surface area contributed by atoms with Gasteiger partial charge in [0.05, 0.1) is 12.0 Å². The Hall–Kier alpha value is -2.12. The van der Waals surface area contributed by atoms with Gasteiger partial charge in [-0.25, -0.2) is 4.79 Å². The smallest absolute Gasteiger partial charge is 0.325 e. The second-order valence-electron chi connectivity index (χ2n) is 8.38. The summed E-state index contributed by atoms with van der Waals surface area (Å²) in [6, 6.07) is -0.154. The molecule has 1 atom stereocenters. The van der Waals surface area contributed by atoms with Gasteiger partial charge in [0, 0.05) is 25.7 Å². The first-order valence-corrected chi connectivity index (χ1v) is 10.2. The Morgan fingerprint density at radius 3 is 2.52 bits per heavy atom. The normalized spacial score (nSPS) is 29.8. The van der Waals surface area contributed by atoms with Crippen molar-refractivity contribution in [3.05, 3.63) is 0 Å². The summed E-state index contributed by atoms with van der Waals surface area (Å²) in [4.78, 5) is 54.1. The van der Waals surface area contributed by atoms with Crippen LogP contribution in [0.5, 0.6) is 0 Å². The van der Waals surface area contributed by atoms with E-state index >= 15 is 0 Å². The van der Waals surface area contributed by atoms with Crippen molar-refractivity contribution in [2.75, 3.05) is 32.7 Å². The van der Waals surface area contributed by atoms with E-state index in [-0.39, 0.29) is 30.8 Å². The molecule has 27 heavy (non-hydrogen) atoms. The van der Waals surface area contributed by atoms with Gasteiger partial charge in [-0.1, -0.05) is 19.3 Å². The summed E-state index contributed by atoms with van der Waals surface area (Å²) < 4.78 is 0. The largest absolute Gasteiger partial charge is 0.340 e. The topological polar surface area (TPSA) is 90.0 Å². The second kappa shape index (κ2) is 7.13. The SMILES string of the molecule is O=C(CN1C(=O)CNC1=O)N1CCC2(CCCN(C3CCCCC3)C2=O)C1.